The molecule has 0 unspecified atom stereocenters. The Bertz CT molecular complexity index is 518. The number of thioether (sulfide) groups is 1. The van der Waals surface area contributed by atoms with Gasteiger partial charge in [0.2, 0.25) is 5.91 Å². The topological polar surface area (TPSA) is 32.3 Å². The minimum atomic E-state index is -0.230. The molecule has 0 aromatic heterocycles. The normalized spacial score (nSPS) is 11.9. The summed E-state index contributed by atoms with van der Waals surface area (Å²) in [5.74, 6) is -0.0425. The summed E-state index contributed by atoms with van der Waals surface area (Å²) in [6.45, 7) is 9.73. The first-order valence-electron chi connectivity index (χ1n) is 6.91. The van der Waals surface area contributed by atoms with Crippen LogP contribution >= 0.6 is 39.9 Å². The summed E-state index contributed by atoms with van der Waals surface area (Å²) < 4.78 is 1.66. The molecule has 1 aromatic rings. The molecule has 6 heteroatoms. The monoisotopic (exact) mass is 388 g/mol. The van der Waals surface area contributed by atoms with Gasteiger partial charge in [0.1, 0.15) is 4.32 Å². The van der Waals surface area contributed by atoms with Crippen molar-refractivity contribution >= 4 is 55.8 Å². The number of anilines is 1. The van der Waals surface area contributed by atoms with Crippen LogP contribution in [0.5, 0.6) is 0 Å². The number of rotatable bonds is 5. The Labute approximate surface area is 145 Å². The minimum absolute atomic E-state index is 0.0425. The lowest BCUT2D eigenvalue weighted by molar-refractivity contribution is -0.115. The smallest absolute Gasteiger partial charge is 0.237 e. The molecule has 0 aliphatic carbocycles. The van der Waals surface area contributed by atoms with Crippen LogP contribution in [0.4, 0.5) is 5.69 Å². The zero-order valence-corrected chi connectivity index (χ0v) is 16.0. The zero-order chi connectivity index (χ0) is 16.0. The molecule has 3 nitrogen and oxygen atoms in total. The Morgan fingerprint density at radius 3 is 2.57 bits per heavy atom. The van der Waals surface area contributed by atoms with Gasteiger partial charge in [-0.05, 0) is 61.3 Å². The molecule has 0 heterocycles. The highest BCUT2D eigenvalue weighted by Gasteiger charge is 2.18. The van der Waals surface area contributed by atoms with Gasteiger partial charge in [-0.15, -0.1) is 0 Å². The number of aryl methyl sites for hydroxylation is 1. The van der Waals surface area contributed by atoms with E-state index in [0.717, 1.165) is 33.1 Å². The molecule has 0 saturated carbocycles. The Kier molecular flexibility index (Phi) is 7.70. The fourth-order valence-electron chi connectivity index (χ4n) is 1.72. The highest BCUT2D eigenvalue weighted by atomic mass is 79.9. The molecule has 0 radical (unpaired) electrons. The molecule has 1 amide bonds. The van der Waals surface area contributed by atoms with Crippen LogP contribution in [0, 0.1) is 6.92 Å². The summed E-state index contributed by atoms with van der Waals surface area (Å²) in [4.78, 5) is 14.3. The van der Waals surface area contributed by atoms with Crippen LogP contribution in [0.25, 0.3) is 0 Å². The molecular weight excluding hydrogens is 368 g/mol. The van der Waals surface area contributed by atoms with Crippen molar-refractivity contribution in [3.05, 3.63) is 28.2 Å². The van der Waals surface area contributed by atoms with Crippen molar-refractivity contribution in [2.24, 2.45) is 0 Å². The third kappa shape index (κ3) is 5.60. The Balaban J connectivity index is 2.64. The number of halogens is 1. The standard InChI is InChI=1S/C15H21BrN2OS2/c1-5-18(6-2)15(20)21-11(4)14(19)17-13-8-7-10(3)9-12(13)16/h7-9,11H,5-6H2,1-4H3,(H,17,19)/t11-/m1/s1. The van der Waals surface area contributed by atoms with E-state index in [1.54, 1.807) is 0 Å². The van der Waals surface area contributed by atoms with Crippen LogP contribution in [0.2, 0.25) is 0 Å². The van der Waals surface area contributed by atoms with E-state index in [4.69, 9.17) is 12.2 Å². The molecule has 0 aliphatic heterocycles. The maximum atomic E-state index is 12.3. The van der Waals surface area contributed by atoms with E-state index in [2.05, 4.69) is 40.0 Å². The van der Waals surface area contributed by atoms with E-state index >= 15 is 0 Å². The maximum Gasteiger partial charge on any atom is 0.237 e. The highest BCUT2D eigenvalue weighted by Crippen LogP contribution is 2.25. The van der Waals surface area contributed by atoms with Gasteiger partial charge in [0.15, 0.2) is 0 Å². The molecule has 1 atom stereocenters. The van der Waals surface area contributed by atoms with Gasteiger partial charge in [0.05, 0.1) is 10.9 Å². The van der Waals surface area contributed by atoms with Crippen molar-refractivity contribution in [3.63, 3.8) is 0 Å². The number of nitrogens with one attached hydrogen (secondary N) is 1. The summed E-state index contributed by atoms with van der Waals surface area (Å²) in [5, 5.41) is 2.70. The average Bonchev–Trinajstić information content (AvgIpc) is 2.43. The van der Waals surface area contributed by atoms with Crippen molar-refractivity contribution in [3.8, 4) is 0 Å². The molecule has 116 valence electrons. The van der Waals surface area contributed by atoms with Gasteiger partial charge >= 0.3 is 0 Å². The predicted molar refractivity (Wildman–Crippen MR) is 100 cm³/mol. The minimum Gasteiger partial charge on any atom is -0.358 e. The number of hydrogen-bond acceptors (Lipinski definition) is 3. The first-order valence-corrected chi connectivity index (χ1v) is 8.99. The summed E-state index contributed by atoms with van der Waals surface area (Å²) >= 11 is 10.3. The second-order valence-corrected chi connectivity index (χ2v) is 7.50. The first-order chi connectivity index (χ1) is 9.88. The second kappa shape index (κ2) is 8.76. The van der Waals surface area contributed by atoms with Crippen LogP contribution in [0.3, 0.4) is 0 Å². The predicted octanol–water partition coefficient (Wildman–Crippen LogP) is 4.44. The molecule has 0 fully saturated rings. The number of amides is 1. The van der Waals surface area contributed by atoms with Crippen LogP contribution < -0.4 is 5.32 Å². The van der Waals surface area contributed by atoms with E-state index in [0.29, 0.717) is 0 Å². The van der Waals surface area contributed by atoms with Crippen LogP contribution in [-0.2, 0) is 4.79 Å². The van der Waals surface area contributed by atoms with Crippen molar-refractivity contribution in [1.29, 1.82) is 0 Å². The molecule has 0 aliphatic rings. The second-order valence-electron chi connectivity index (χ2n) is 4.67. The highest BCUT2D eigenvalue weighted by molar-refractivity contribution is 9.10. The van der Waals surface area contributed by atoms with E-state index in [-0.39, 0.29) is 11.2 Å². The van der Waals surface area contributed by atoms with E-state index < -0.39 is 0 Å². The van der Waals surface area contributed by atoms with Crippen molar-refractivity contribution in [1.82, 2.24) is 4.90 Å². The third-order valence-electron chi connectivity index (χ3n) is 3.05. The SMILES string of the molecule is CCN(CC)C(=S)S[C@H](C)C(=O)Nc1ccc(C)cc1Br. The zero-order valence-electron chi connectivity index (χ0n) is 12.8. The van der Waals surface area contributed by atoms with Gasteiger partial charge in [-0.1, -0.05) is 30.0 Å². The summed E-state index contributed by atoms with van der Waals surface area (Å²) in [6.07, 6.45) is 0. The Hall–Kier alpha value is -0.590. The number of carbonyl (C=O) groups is 1. The lowest BCUT2D eigenvalue weighted by atomic mass is 10.2. The van der Waals surface area contributed by atoms with Crippen LogP contribution in [0.15, 0.2) is 22.7 Å². The third-order valence-corrected chi connectivity index (χ3v) is 5.28. The van der Waals surface area contributed by atoms with E-state index in [9.17, 15) is 4.79 Å². The number of hydrogen-bond donors (Lipinski definition) is 1. The van der Waals surface area contributed by atoms with E-state index in [1.165, 1.54) is 11.8 Å². The largest absolute Gasteiger partial charge is 0.358 e. The summed E-state index contributed by atoms with van der Waals surface area (Å²) in [6, 6.07) is 5.85. The Morgan fingerprint density at radius 2 is 2.05 bits per heavy atom. The van der Waals surface area contributed by atoms with Gasteiger partial charge in [-0.2, -0.15) is 0 Å². The molecular formula is C15H21BrN2OS2. The fraction of sp³-hybridized carbons (Fsp3) is 0.467. The fourth-order valence-corrected chi connectivity index (χ4v) is 3.88. The lowest BCUT2D eigenvalue weighted by Crippen LogP contribution is -2.31. The van der Waals surface area contributed by atoms with E-state index in [1.807, 2.05) is 32.0 Å². The molecule has 0 bridgehead atoms. The Morgan fingerprint density at radius 1 is 1.43 bits per heavy atom. The average molecular weight is 389 g/mol. The maximum absolute atomic E-state index is 12.3. The van der Waals surface area contributed by atoms with Crippen molar-refractivity contribution in [2.75, 3.05) is 18.4 Å². The number of nitrogens with zero attached hydrogens (tertiary/aromatic N) is 1. The first kappa shape index (κ1) is 18.5. The molecule has 0 spiro atoms. The molecule has 0 saturated heterocycles. The number of benzene rings is 1. The molecule has 1 N–H and O–H groups in total. The molecule has 1 rings (SSSR count). The van der Waals surface area contributed by atoms with Gasteiger partial charge in [0, 0.05) is 17.6 Å². The van der Waals surface area contributed by atoms with Crippen LogP contribution in [0.1, 0.15) is 26.3 Å². The van der Waals surface area contributed by atoms with Gasteiger partial charge < -0.3 is 10.2 Å². The summed E-state index contributed by atoms with van der Waals surface area (Å²) in [7, 11) is 0. The molecule has 1 aromatic carbocycles. The lowest BCUT2D eigenvalue weighted by Gasteiger charge is -2.23. The van der Waals surface area contributed by atoms with Gasteiger partial charge in [0.25, 0.3) is 0 Å². The molecule has 21 heavy (non-hydrogen) atoms. The van der Waals surface area contributed by atoms with Crippen molar-refractivity contribution < 1.29 is 4.79 Å². The van der Waals surface area contributed by atoms with Crippen LogP contribution in [-0.4, -0.2) is 33.5 Å². The number of carbonyl (C=O) groups excluding carboxylic acids is 1. The van der Waals surface area contributed by atoms with Gasteiger partial charge in [-0.3, -0.25) is 4.79 Å². The summed E-state index contributed by atoms with van der Waals surface area (Å²) in [5.41, 5.74) is 1.93. The van der Waals surface area contributed by atoms with Crippen molar-refractivity contribution in [2.45, 2.75) is 32.9 Å². The quantitative estimate of drug-likeness (QED) is 0.755. The van der Waals surface area contributed by atoms with Gasteiger partial charge in [-0.25, -0.2) is 0 Å². The number of thiocarbonyl (C=S) groups is 1.